The number of aryl methyl sites for hydroxylation is 1. The zero-order valence-corrected chi connectivity index (χ0v) is 15.2. The van der Waals surface area contributed by atoms with Crippen LogP contribution in [0.1, 0.15) is 35.2 Å². The number of amides is 1. The van der Waals surface area contributed by atoms with Gasteiger partial charge in [0.05, 0.1) is 5.56 Å². The van der Waals surface area contributed by atoms with Crippen LogP contribution < -0.4 is 10.9 Å². The highest BCUT2D eigenvalue weighted by Crippen LogP contribution is 2.56. The predicted octanol–water partition coefficient (Wildman–Crippen LogP) is 2.23. The lowest BCUT2D eigenvalue weighted by atomic mass is 9.93. The van der Waals surface area contributed by atoms with Gasteiger partial charge in [0.15, 0.2) is 0 Å². The third-order valence-electron chi connectivity index (χ3n) is 5.65. The van der Waals surface area contributed by atoms with Gasteiger partial charge >= 0.3 is 0 Å². The van der Waals surface area contributed by atoms with E-state index in [0.717, 1.165) is 32.4 Å². The van der Waals surface area contributed by atoms with Gasteiger partial charge in [0.1, 0.15) is 0 Å². The van der Waals surface area contributed by atoms with E-state index in [1.807, 2.05) is 4.90 Å². The molecule has 3 heterocycles. The minimum atomic E-state index is -0.0952. The number of piperidine rings is 1. The number of nitrogens with one attached hydrogen (secondary N) is 1. The summed E-state index contributed by atoms with van der Waals surface area (Å²) in [6, 6.07) is 5.52. The first-order chi connectivity index (χ1) is 12.1. The Hall–Kier alpha value is -1.92. The molecule has 5 nitrogen and oxygen atoms in total. The van der Waals surface area contributed by atoms with Gasteiger partial charge in [-0.2, -0.15) is 11.3 Å². The summed E-state index contributed by atoms with van der Waals surface area (Å²) >= 11 is 1.66. The fourth-order valence-electron chi connectivity index (χ4n) is 4.02. The van der Waals surface area contributed by atoms with Crippen molar-refractivity contribution in [3.63, 3.8) is 0 Å². The summed E-state index contributed by atoms with van der Waals surface area (Å²) in [5, 5.41) is 7.58. The number of rotatable bonds is 4. The maximum absolute atomic E-state index is 13.2. The Morgan fingerprint density at radius 1 is 1.36 bits per heavy atom. The molecular weight excluding hydrogens is 334 g/mol. The van der Waals surface area contributed by atoms with Crippen molar-refractivity contribution >= 4 is 17.2 Å². The molecule has 0 bridgehead atoms. The first-order valence-electron chi connectivity index (χ1n) is 8.78. The van der Waals surface area contributed by atoms with Crippen LogP contribution >= 0.6 is 11.3 Å². The number of nitrogens with zero attached hydrogens (tertiary/aromatic N) is 2. The quantitative estimate of drug-likeness (QED) is 0.913. The molecule has 1 saturated carbocycles. The molecule has 132 valence electrons. The number of carbonyl (C=O) groups is 1. The zero-order valence-electron chi connectivity index (χ0n) is 14.4. The molecule has 0 radical (unpaired) electrons. The first-order valence-corrected chi connectivity index (χ1v) is 9.73. The van der Waals surface area contributed by atoms with Gasteiger partial charge in [-0.15, -0.1) is 0 Å². The summed E-state index contributed by atoms with van der Waals surface area (Å²) in [6.07, 6.45) is 5.02. The highest BCUT2D eigenvalue weighted by Gasteiger charge is 2.57. The summed E-state index contributed by atoms with van der Waals surface area (Å²) in [5.74, 6) is 0.0298. The third-order valence-corrected chi connectivity index (χ3v) is 6.38. The minimum absolute atomic E-state index is 0.0298. The zero-order chi connectivity index (χ0) is 17.4. The summed E-state index contributed by atoms with van der Waals surface area (Å²) in [7, 11) is 1.69. The Kier molecular flexibility index (Phi) is 4.25. The fraction of sp³-hybridized carbons (Fsp3) is 0.474. The highest BCUT2D eigenvalue weighted by atomic mass is 32.1. The van der Waals surface area contributed by atoms with Crippen molar-refractivity contribution < 1.29 is 4.79 Å². The van der Waals surface area contributed by atoms with E-state index in [4.69, 9.17) is 0 Å². The smallest absolute Gasteiger partial charge is 0.255 e. The third kappa shape index (κ3) is 3.16. The van der Waals surface area contributed by atoms with E-state index in [0.29, 0.717) is 18.2 Å². The lowest BCUT2D eigenvalue weighted by Gasteiger charge is -2.29. The molecule has 2 aliphatic rings. The Bertz CT molecular complexity index is 821. The van der Waals surface area contributed by atoms with Crippen molar-refractivity contribution in [2.45, 2.75) is 31.8 Å². The van der Waals surface area contributed by atoms with Crippen LogP contribution in [0.2, 0.25) is 0 Å². The molecule has 1 unspecified atom stereocenters. The van der Waals surface area contributed by atoms with Crippen LogP contribution in [0.25, 0.3) is 0 Å². The molecule has 6 heteroatoms. The number of thiophene rings is 1. The number of carbonyl (C=O) groups excluding carboxylic acids is 1. The van der Waals surface area contributed by atoms with Gasteiger partial charge < -0.3 is 14.8 Å². The van der Waals surface area contributed by atoms with Crippen LogP contribution in [0.5, 0.6) is 0 Å². The Morgan fingerprint density at radius 3 is 2.84 bits per heavy atom. The van der Waals surface area contributed by atoms with E-state index < -0.39 is 0 Å². The second-order valence-electron chi connectivity index (χ2n) is 7.26. The molecule has 2 aromatic heterocycles. The van der Waals surface area contributed by atoms with Crippen molar-refractivity contribution in [2.24, 2.45) is 12.5 Å². The van der Waals surface area contributed by atoms with E-state index in [9.17, 15) is 9.59 Å². The van der Waals surface area contributed by atoms with Gasteiger partial charge in [0, 0.05) is 31.9 Å². The lowest BCUT2D eigenvalue weighted by molar-refractivity contribution is 0.0691. The summed E-state index contributed by atoms with van der Waals surface area (Å²) in [5.41, 5.74) is 1.96. The predicted molar refractivity (Wildman–Crippen MR) is 98.8 cm³/mol. The number of hydrogen-bond donors (Lipinski definition) is 1. The molecule has 2 fully saturated rings. The van der Waals surface area contributed by atoms with Crippen LogP contribution in [0.4, 0.5) is 0 Å². The van der Waals surface area contributed by atoms with Gasteiger partial charge in [-0.25, -0.2) is 0 Å². The fourth-order valence-corrected chi connectivity index (χ4v) is 4.68. The number of hydrogen-bond acceptors (Lipinski definition) is 4. The topological polar surface area (TPSA) is 54.3 Å². The molecule has 1 aliphatic carbocycles. The van der Waals surface area contributed by atoms with Crippen LogP contribution in [-0.2, 0) is 13.6 Å². The maximum atomic E-state index is 13.2. The molecule has 1 aliphatic heterocycles. The van der Waals surface area contributed by atoms with Crippen molar-refractivity contribution in [1.82, 2.24) is 14.8 Å². The average Bonchev–Trinajstić information content (AvgIpc) is 3.06. The van der Waals surface area contributed by atoms with Gasteiger partial charge in [0.25, 0.3) is 5.91 Å². The standard InChI is InChI=1S/C19H23N3O2S/c1-21-12-15(2-3-17(21)23)18(24)22(11-14-4-9-25-13-14)16-10-19(16)5-7-20-8-6-19/h2-4,9,12-13,16,20H,5-8,10-11H2,1H3. The second kappa shape index (κ2) is 6.42. The van der Waals surface area contributed by atoms with Crippen LogP contribution in [0, 0.1) is 5.41 Å². The van der Waals surface area contributed by atoms with E-state index in [1.165, 1.54) is 16.2 Å². The lowest BCUT2D eigenvalue weighted by Crippen LogP contribution is -2.39. The Balaban J connectivity index is 1.62. The summed E-state index contributed by atoms with van der Waals surface area (Å²) in [6.45, 7) is 2.72. The number of aromatic nitrogens is 1. The molecule has 2 aromatic rings. The molecule has 0 aromatic carbocycles. The molecular formula is C19H23N3O2S. The molecule has 1 amide bonds. The van der Waals surface area contributed by atoms with E-state index in [2.05, 4.69) is 22.1 Å². The summed E-state index contributed by atoms with van der Waals surface area (Å²) in [4.78, 5) is 26.9. The first kappa shape index (κ1) is 16.5. The largest absolute Gasteiger partial charge is 0.331 e. The van der Waals surface area contributed by atoms with Crippen molar-refractivity contribution in [3.05, 3.63) is 56.6 Å². The van der Waals surface area contributed by atoms with Crippen molar-refractivity contribution in [2.75, 3.05) is 13.1 Å². The van der Waals surface area contributed by atoms with Crippen molar-refractivity contribution in [3.8, 4) is 0 Å². The Labute approximate surface area is 151 Å². The van der Waals surface area contributed by atoms with Crippen LogP contribution in [0.15, 0.2) is 40.0 Å². The van der Waals surface area contributed by atoms with Crippen molar-refractivity contribution in [1.29, 1.82) is 0 Å². The van der Waals surface area contributed by atoms with Crippen LogP contribution in [-0.4, -0.2) is 34.5 Å². The van der Waals surface area contributed by atoms with E-state index in [1.54, 1.807) is 30.6 Å². The molecule has 4 rings (SSSR count). The SMILES string of the molecule is Cn1cc(C(=O)N(Cc2ccsc2)C2CC23CCNCC3)ccc1=O. The molecule has 25 heavy (non-hydrogen) atoms. The molecule has 1 atom stereocenters. The summed E-state index contributed by atoms with van der Waals surface area (Å²) < 4.78 is 1.48. The Morgan fingerprint density at radius 2 is 2.16 bits per heavy atom. The number of pyridine rings is 1. The van der Waals surface area contributed by atoms with Crippen LogP contribution in [0.3, 0.4) is 0 Å². The molecule has 1 N–H and O–H groups in total. The molecule has 1 spiro atoms. The maximum Gasteiger partial charge on any atom is 0.255 e. The molecule has 1 saturated heterocycles. The van der Waals surface area contributed by atoms with E-state index in [-0.39, 0.29) is 16.9 Å². The second-order valence-corrected chi connectivity index (χ2v) is 8.04. The minimum Gasteiger partial charge on any atom is -0.331 e. The van der Waals surface area contributed by atoms with Gasteiger partial charge in [-0.3, -0.25) is 9.59 Å². The monoisotopic (exact) mass is 357 g/mol. The average molecular weight is 357 g/mol. The van der Waals surface area contributed by atoms with Gasteiger partial charge in [-0.05, 0) is 66.2 Å². The van der Waals surface area contributed by atoms with Gasteiger partial charge in [0.2, 0.25) is 5.56 Å². The highest BCUT2D eigenvalue weighted by molar-refractivity contribution is 7.07. The van der Waals surface area contributed by atoms with Gasteiger partial charge in [-0.1, -0.05) is 0 Å². The van der Waals surface area contributed by atoms with E-state index >= 15 is 0 Å². The normalized spacial score (nSPS) is 21.2.